The zero-order valence-corrected chi connectivity index (χ0v) is 28.0. The Balaban J connectivity index is 2.09. The highest BCUT2D eigenvalue weighted by Gasteiger charge is 2.34. The summed E-state index contributed by atoms with van der Waals surface area (Å²) < 4.78 is 35.1. The molecule has 12 heteroatoms. The van der Waals surface area contributed by atoms with Crippen molar-refractivity contribution in [3.05, 3.63) is 82.3 Å². The van der Waals surface area contributed by atoms with Crippen molar-refractivity contribution in [2.75, 3.05) is 30.3 Å². The summed E-state index contributed by atoms with van der Waals surface area (Å²) >= 11 is 14.0. The minimum absolute atomic E-state index is 0.0134. The Hall–Kier alpha value is -2.92. The summed E-state index contributed by atoms with van der Waals surface area (Å²) in [5.74, 6) is -0.478. The number of halogens is 2. The Morgan fingerprint density at radius 2 is 1.67 bits per heavy atom. The van der Waals surface area contributed by atoms with Gasteiger partial charge in [0, 0.05) is 28.0 Å². The standard InChI is InChI=1S/C31H37Cl2N3O5S2/c1-6-41-29-10-8-7-9-28(29)36(43(39,40)26-15-13-25(42-5)14-16-26)20-30(37)35(22(4)31(38)34-18-21(2)3)19-23-11-12-24(32)17-27(23)33/h7-17,21-22H,6,18-20H2,1-5H3,(H,34,38). The van der Waals surface area contributed by atoms with Gasteiger partial charge in [0.15, 0.2) is 0 Å². The van der Waals surface area contributed by atoms with Gasteiger partial charge in [-0.3, -0.25) is 13.9 Å². The van der Waals surface area contributed by atoms with Crippen molar-refractivity contribution in [1.82, 2.24) is 10.2 Å². The highest BCUT2D eigenvalue weighted by molar-refractivity contribution is 7.98. The lowest BCUT2D eigenvalue weighted by molar-refractivity contribution is -0.139. The smallest absolute Gasteiger partial charge is 0.264 e. The van der Waals surface area contributed by atoms with Gasteiger partial charge < -0.3 is 15.0 Å². The maximum absolute atomic E-state index is 14.2. The number of sulfonamides is 1. The topological polar surface area (TPSA) is 96.0 Å². The van der Waals surface area contributed by atoms with E-state index in [0.29, 0.717) is 27.9 Å². The number of anilines is 1. The van der Waals surface area contributed by atoms with Crippen LogP contribution in [0.1, 0.15) is 33.3 Å². The number of thioether (sulfide) groups is 1. The van der Waals surface area contributed by atoms with Crippen LogP contribution in [0.15, 0.2) is 76.5 Å². The van der Waals surface area contributed by atoms with E-state index >= 15 is 0 Å². The summed E-state index contributed by atoms with van der Waals surface area (Å²) in [5.41, 5.74) is 0.757. The normalized spacial score (nSPS) is 12.1. The van der Waals surface area contributed by atoms with Crippen molar-refractivity contribution >= 4 is 62.5 Å². The molecular formula is C31H37Cl2N3O5S2. The molecule has 3 aromatic rings. The van der Waals surface area contributed by atoms with Crippen LogP contribution in [0.4, 0.5) is 5.69 Å². The van der Waals surface area contributed by atoms with Crippen LogP contribution in [-0.4, -0.2) is 57.1 Å². The van der Waals surface area contributed by atoms with Gasteiger partial charge in [0.05, 0.1) is 17.2 Å². The third-order valence-electron chi connectivity index (χ3n) is 6.57. The number of para-hydroxylation sites is 2. The van der Waals surface area contributed by atoms with E-state index in [4.69, 9.17) is 27.9 Å². The minimum Gasteiger partial charge on any atom is -0.492 e. The first-order valence-corrected chi connectivity index (χ1v) is 17.2. The molecule has 0 saturated heterocycles. The quantitative estimate of drug-likeness (QED) is 0.198. The van der Waals surface area contributed by atoms with Crippen LogP contribution in [0.3, 0.4) is 0 Å². The first-order valence-electron chi connectivity index (χ1n) is 13.8. The molecule has 43 heavy (non-hydrogen) atoms. The molecule has 232 valence electrons. The molecule has 0 aliphatic carbocycles. The zero-order valence-electron chi connectivity index (χ0n) is 24.8. The largest absolute Gasteiger partial charge is 0.492 e. The Morgan fingerprint density at radius 3 is 2.28 bits per heavy atom. The Kier molecular flexibility index (Phi) is 12.6. The molecule has 3 rings (SSSR count). The highest BCUT2D eigenvalue weighted by Crippen LogP contribution is 2.33. The van der Waals surface area contributed by atoms with E-state index in [1.54, 1.807) is 68.4 Å². The lowest BCUT2D eigenvalue weighted by atomic mass is 10.1. The molecule has 0 aliphatic heterocycles. The summed E-state index contributed by atoms with van der Waals surface area (Å²) in [6, 6.07) is 17.0. The number of amides is 2. The molecule has 0 bridgehead atoms. The van der Waals surface area contributed by atoms with E-state index in [0.717, 1.165) is 9.20 Å². The van der Waals surface area contributed by atoms with E-state index in [9.17, 15) is 18.0 Å². The predicted octanol–water partition coefficient (Wildman–Crippen LogP) is 6.50. The number of nitrogens with zero attached hydrogens (tertiary/aromatic N) is 2. The number of benzene rings is 3. The molecule has 8 nitrogen and oxygen atoms in total. The molecule has 2 amide bonds. The van der Waals surface area contributed by atoms with Crippen LogP contribution < -0.4 is 14.4 Å². The van der Waals surface area contributed by atoms with Gasteiger partial charge in [0.1, 0.15) is 18.3 Å². The summed E-state index contributed by atoms with van der Waals surface area (Å²) in [4.78, 5) is 29.6. The lowest BCUT2D eigenvalue weighted by Gasteiger charge is -2.32. The van der Waals surface area contributed by atoms with E-state index in [1.807, 2.05) is 20.1 Å². The van der Waals surface area contributed by atoms with Gasteiger partial charge in [0.25, 0.3) is 10.0 Å². The van der Waals surface area contributed by atoms with Gasteiger partial charge in [-0.25, -0.2) is 8.42 Å². The minimum atomic E-state index is -4.25. The fourth-order valence-electron chi connectivity index (χ4n) is 4.20. The predicted molar refractivity (Wildman–Crippen MR) is 175 cm³/mol. The van der Waals surface area contributed by atoms with Gasteiger partial charge in [-0.15, -0.1) is 11.8 Å². The lowest BCUT2D eigenvalue weighted by Crippen LogP contribution is -2.51. The van der Waals surface area contributed by atoms with Crippen molar-refractivity contribution < 1.29 is 22.7 Å². The van der Waals surface area contributed by atoms with Gasteiger partial charge in [-0.1, -0.05) is 55.2 Å². The van der Waals surface area contributed by atoms with Crippen molar-refractivity contribution in [1.29, 1.82) is 0 Å². The summed E-state index contributed by atoms with van der Waals surface area (Å²) in [6.45, 7) is 7.38. The Morgan fingerprint density at radius 1 is 1.00 bits per heavy atom. The molecule has 1 unspecified atom stereocenters. The SMILES string of the molecule is CCOc1ccccc1N(CC(=O)N(Cc1ccc(Cl)cc1Cl)C(C)C(=O)NCC(C)C)S(=O)(=O)c1ccc(SC)cc1. The second-order valence-corrected chi connectivity index (χ2v) is 13.7. The molecule has 0 heterocycles. The monoisotopic (exact) mass is 665 g/mol. The Labute approximate surface area is 268 Å². The summed E-state index contributed by atoms with van der Waals surface area (Å²) in [5, 5.41) is 3.61. The van der Waals surface area contributed by atoms with E-state index < -0.39 is 28.5 Å². The van der Waals surface area contributed by atoms with Crippen molar-refractivity contribution in [2.45, 2.75) is 50.1 Å². The molecule has 0 fully saturated rings. The molecule has 0 saturated carbocycles. The molecule has 1 atom stereocenters. The average molecular weight is 667 g/mol. The number of rotatable bonds is 14. The zero-order chi connectivity index (χ0) is 31.7. The number of nitrogens with one attached hydrogen (secondary N) is 1. The maximum atomic E-state index is 14.2. The number of ether oxygens (including phenoxy) is 1. The van der Waals surface area contributed by atoms with Crippen LogP contribution in [0.25, 0.3) is 0 Å². The second kappa shape index (κ2) is 15.7. The molecule has 1 N–H and O–H groups in total. The van der Waals surface area contributed by atoms with Crippen LogP contribution in [0.2, 0.25) is 10.0 Å². The second-order valence-electron chi connectivity index (χ2n) is 10.2. The molecule has 0 aromatic heterocycles. The first-order chi connectivity index (χ1) is 20.4. The molecule has 0 aliphatic rings. The summed E-state index contributed by atoms with van der Waals surface area (Å²) in [6.07, 6.45) is 1.90. The van der Waals surface area contributed by atoms with Crippen molar-refractivity contribution in [3.8, 4) is 5.75 Å². The summed E-state index contributed by atoms with van der Waals surface area (Å²) in [7, 11) is -4.25. The van der Waals surface area contributed by atoms with E-state index in [1.165, 1.54) is 28.8 Å². The molecule has 0 spiro atoms. The fraction of sp³-hybridized carbons (Fsp3) is 0.355. The maximum Gasteiger partial charge on any atom is 0.264 e. The number of carbonyl (C=O) groups excluding carboxylic acids is 2. The average Bonchev–Trinajstić information content (AvgIpc) is 2.98. The van der Waals surface area contributed by atoms with Crippen LogP contribution in [0.5, 0.6) is 5.75 Å². The molecule has 0 radical (unpaired) electrons. The van der Waals surface area contributed by atoms with Crippen LogP contribution in [-0.2, 0) is 26.2 Å². The van der Waals surface area contributed by atoms with Gasteiger partial charge in [-0.2, -0.15) is 0 Å². The van der Waals surface area contributed by atoms with Crippen molar-refractivity contribution in [3.63, 3.8) is 0 Å². The van der Waals surface area contributed by atoms with Gasteiger partial charge in [-0.05, 0) is 80.1 Å². The number of hydrogen-bond donors (Lipinski definition) is 1. The third kappa shape index (κ3) is 9.04. The molecule has 3 aromatic carbocycles. The van der Waals surface area contributed by atoms with Gasteiger partial charge in [0.2, 0.25) is 11.8 Å². The molecular weight excluding hydrogens is 629 g/mol. The van der Waals surface area contributed by atoms with E-state index in [-0.39, 0.29) is 35.6 Å². The fourth-order valence-corrected chi connectivity index (χ4v) is 6.50. The number of hydrogen-bond acceptors (Lipinski definition) is 6. The Bertz CT molecular complexity index is 1520. The van der Waals surface area contributed by atoms with Crippen LogP contribution in [0, 0.1) is 5.92 Å². The third-order valence-corrected chi connectivity index (χ3v) is 9.67. The van der Waals surface area contributed by atoms with Gasteiger partial charge >= 0.3 is 0 Å². The van der Waals surface area contributed by atoms with Crippen LogP contribution >= 0.6 is 35.0 Å². The number of carbonyl (C=O) groups is 2. The highest BCUT2D eigenvalue weighted by atomic mass is 35.5. The first kappa shape index (κ1) is 34.6. The van der Waals surface area contributed by atoms with Crippen molar-refractivity contribution in [2.24, 2.45) is 5.92 Å². The van der Waals surface area contributed by atoms with E-state index in [2.05, 4.69) is 5.32 Å².